The topological polar surface area (TPSA) is 94.1 Å². The smallest absolute Gasteiger partial charge is 0.408 e. The molecule has 7 nitrogen and oxygen atoms in total. The Hall–Kier alpha value is -2.88. The number of methoxy groups -OCH3 is 2. The molecule has 1 aromatic rings. The number of hydrogen-bond donors (Lipinski definition) is 2. The number of amides is 1. The van der Waals surface area contributed by atoms with E-state index >= 15 is 0 Å². The van der Waals surface area contributed by atoms with Crippen molar-refractivity contribution >= 4 is 12.1 Å². The summed E-state index contributed by atoms with van der Waals surface area (Å²) in [6.45, 7) is 5.34. The van der Waals surface area contributed by atoms with Crippen molar-refractivity contribution in [2.75, 3.05) is 20.8 Å². The first-order valence-electron chi connectivity index (χ1n) is 7.13. The molecule has 0 atom stereocenters. The van der Waals surface area contributed by atoms with Crippen LogP contribution in [-0.4, -0.2) is 43.5 Å². The largest absolute Gasteiger partial charge is 0.495 e. The van der Waals surface area contributed by atoms with Gasteiger partial charge < -0.3 is 24.6 Å². The van der Waals surface area contributed by atoms with Crippen molar-refractivity contribution in [1.29, 1.82) is 0 Å². The molecule has 0 aliphatic carbocycles. The quantitative estimate of drug-likeness (QED) is 0.820. The minimum Gasteiger partial charge on any atom is -0.495 e. The molecule has 0 aliphatic heterocycles. The Morgan fingerprint density at radius 2 is 1.71 bits per heavy atom. The zero-order valence-electron chi connectivity index (χ0n) is 14.4. The van der Waals surface area contributed by atoms with Gasteiger partial charge in [0.1, 0.15) is 22.7 Å². The molecule has 7 heteroatoms. The van der Waals surface area contributed by atoms with Crippen LogP contribution >= 0.6 is 0 Å². The lowest BCUT2D eigenvalue weighted by Crippen LogP contribution is -2.32. The SMILES string of the molecule is COc1cc(C(=O)O)cc(OC)c1C#CCNC(=O)OC(C)(C)C. The molecule has 0 bridgehead atoms. The summed E-state index contributed by atoms with van der Waals surface area (Å²) < 4.78 is 15.4. The Morgan fingerprint density at radius 3 is 2.12 bits per heavy atom. The maximum atomic E-state index is 11.5. The average molecular weight is 335 g/mol. The summed E-state index contributed by atoms with van der Waals surface area (Å²) in [5, 5.41) is 11.6. The molecule has 0 unspecified atom stereocenters. The zero-order valence-corrected chi connectivity index (χ0v) is 14.4. The third kappa shape index (κ3) is 5.72. The predicted molar refractivity (Wildman–Crippen MR) is 87.6 cm³/mol. The van der Waals surface area contributed by atoms with Crippen molar-refractivity contribution in [2.45, 2.75) is 26.4 Å². The van der Waals surface area contributed by atoms with E-state index in [0.29, 0.717) is 5.56 Å². The molecule has 0 saturated carbocycles. The van der Waals surface area contributed by atoms with E-state index < -0.39 is 17.7 Å². The van der Waals surface area contributed by atoms with Gasteiger partial charge in [0.2, 0.25) is 0 Å². The standard InChI is InChI=1S/C17H21NO6/c1-17(2,3)24-16(21)18-8-6-7-12-13(22-4)9-11(15(19)20)10-14(12)23-5/h9-10H,8H2,1-5H3,(H,18,21)(H,19,20). The van der Waals surface area contributed by atoms with Gasteiger partial charge >= 0.3 is 12.1 Å². The number of carboxylic acid groups (broad SMARTS) is 1. The van der Waals surface area contributed by atoms with Crippen molar-refractivity contribution < 1.29 is 28.9 Å². The summed E-state index contributed by atoms with van der Waals surface area (Å²) in [7, 11) is 2.81. The molecule has 0 saturated heterocycles. The van der Waals surface area contributed by atoms with Crippen LogP contribution in [0.2, 0.25) is 0 Å². The Morgan fingerprint density at radius 1 is 1.17 bits per heavy atom. The van der Waals surface area contributed by atoms with Gasteiger partial charge in [-0.1, -0.05) is 11.8 Å². The highest BCUT2D eigenvalue weighted by Gasteiger charge is 2.16. The molecule has 24 heavy (non-hydrogen) atoms. The highest BCUT2D eigenvalue weighted by molar-refractivity contribution is 5.89. The van der Waals surface area contributed by atoms with Crippen molar-refractivity contribution in [3.05, 3.63) is 23.3 Å². The van der Waals surface area contributed by atoms with Crippen LogP contribution in [0.5, 0.6) is 11.5 Å². The minimum atomic E-state index is -1.10. The van der Waals surface area contributed by atoms with Crippen LogP contribution in [-0.2, 0) is 4.74 Å². The summed E-state index contributed by atoms with van der Waals surface area (Å²) in [6.07, 6.45) is -0.572. The first-order valence-corrected chi connectivity index (χ1v) is 7.13. The zero-order chi connectivity index (χ0) is 18.3. The second kappa shape index (κ2) is 8.11. The number of rotatable bonds is 4. The van der Waals surface area contributed by atoms with E-state index in [1.807, 2.05) is 0 Å². The fourth-order valence-electron chi connectivity index (χ4n) is 1.72. The van der Waals surface area contributed by atoms with E-state index in [4.69, 9.17) is 19.3 Å². The van der Waals surface area contributed by atoms with Crippen LogP contribution < -0.4 is 14.8 Å². The number of benzene rings is 1. The van der Waals surface area contributed by atoms with E-state index in [-0.39, 0.29) is 23.6 Å². The maximum Gasteiger partial charge on any atom is 0.408 e. The molecule has 1 rings (SSSR count). The molecule has 2 N–H and O–H groups in total. The number of aromatic carboxylic acids is 1. The lowest BCUT2D eigenvalue weighted by Gasteiger charge is -2.19. The molecule has 0 heterocycles. The fourth-order valence-corrected chi connectivity index (χ4v) is 1.72. The van der Waals surface area contributed by atoms with Crippen molar-refractivity contribution in [2.24, 2.45) is 0 Å². The summed E-state index contributed by atoms with van der Waals surface area (Å²) >= 11 is 0. The molecule has 0 aromatic heterocycles. The predicted octanol–water partition coefficient (Wildman–Crippen LogP) is 2.28. The summed E-state index contributed by atoms with van der Waals surface area (Å²) in [5.74, 6) is 5.00. The molecule has 0 fully saturated rings. The average Bonchev–Trinajstić information content (AvgIpc) is 2.48. The van der Waals surface area contributed by atoms with Gasteiger partial charge in [-0.25, -0.2) is 9.59 Å². The first kappa shape index (κ1) is 19.2. The second-order valence-corrected chi connectivity index (χ2v) is 5.72. The Labute approximate surface area is 140 Å². The van der Waals surface area contributed by atoms with E-state index in [0.717, 1.165) is 0 Å². The lowest BCUT2D eigenvalue weighted by atomic mass is 10.1. The number of ether oxygens (including phenoxy) is 3. The number of carbonyl (C=O) groups excluding carboxylic acids is 1. The minimum absolute atomic E-state index is 0.0288. The van der Waals surface area contributed by atoms with Crippen LogP contribution in [0.15, 0.2) is 12.1 Å². The molecule has 0 aliphatic rings. The third-order valence-electron chi connectivity index (χ3n) is 2.69. The Kier molecular flexibility index (Phi) is 6.48. The monoisotopic (exact) mass is 335 g/mol. The van der Waals surface area contributed by atoms with Crippen LogP contribution in [0.3, 0.4) is 0 Å². The van der Waals surface area contributed by atoms with Gasteiger partial charge in [-0.15, -0.1) is 0 Å². The summed E-state index contributed by atoms with van der Waals surface area (Å²) in [4.78, 5) is 22.6. The maximum absolute atomic E-state index is 11.5. The van der Waals surface area contributed by atoms with Gasteiger partial charge in [0, 0.05) is 0 Å². The van der Waals surface area contributed by atoms with Gasteiger partial charge in [-0.2, -0.15) is 0 Å². The molecule has 1 amide bonds. The van der Waals surface area contributed by atoms with E-state index in [2.05, 4.69) is 17.2 Å². The van der Waals surface area contributed by atoms with Crippen LogP contribution in [0.4, 0.5) is 4.79 Å². The van der Waals surface area contributed by atoms with E-state index in [9.17, 15) is 9.59 Å². The first-order chi connectivity index (χ1) is 11.2. The number of alkyl carbamates (subject to hydrolysis) is 1. The van der Waals surface area contributed by atoms with Gasteiger partial charge in [-0.3, -0.25) is 0 Å². The van der Waals surface area contributed by atoms with E-state index in [1.165, 1.54) is 26.4 Å². The van der Waals surface area contributed by atoms with E-state index in [1.54, 1.807) is 20.8 Å². The van der Waals surface area contributed by atoms with Gasteiger partial charge in [0.05, 0.1) is 26.3 Å². The van der Waals surface area contributed by atoms with Gasteiger partial charge in [0.25, 0.3) is 0 Å². The van der Waals surface area contributed by atoms with Crippen LogP contribution in [0, 0.1) is 11.8 Å². The number of carboxylic acids is 1. The van der Waals surface area contributed by atoms with Crippen molar-refractivity contribution in [1.82, 2.24) is 5.32 Å². The van der Waals surface area contributed by atoms with Crippen LogP contribution in [0.1, 0.15) is 36.7 Å². The Bertz CT molecular complexity index is 654. The molecular formula is C17H21NO6. The lowest BCUT2D eigenvalue weighted by molar-refractivity contribution is 0.0534. The summed E-state index contributed by atoms with van der Waals surface area (Å²) in [5.41, 5.74) is -0.159. The van der Waals surface area contributed by atoms with Gasteiger partial charge in [0.15, 0.2) is 0 Å². The van der Waals surface area contributed by atoms with Crippen molar-refractivity contribution in [3.63, 3.8) is 0 Å². The number of carbonyl (C=O) groups is 2. The summed E-state index contributed by atoms with van der Waals surface area (Å²) in [6, 6.07) is 2.71. The third-order valence-corrected chi connectivity index (χ3v) is 2.69. The molecule has 0 spiro atoms. The highest BCUT2D eigenvalue weighted by atomic mass is 16.6. The highest BCUT2D eigenvalue weighted by Crippen LogP contribution is 2.29. The van der Waals surface area contributed by atoms with Crippen molar-refractivity contribution in [3.8, 4) is 23.3 Å². The second-order valence-electron chi connectivity index (χ2n) is 5.72. The molecule has 1 aromatic carbocycles. The van der Waals surface area contributed by atoms with Crippen LogP contribution in [0.25, 0.3) is 0 Å². The normalized spacial score (nSPS) is 10.2. The fraction of sp³-hybridized carbons (Fsp3) is 0.412. The molecular weight excluding hydrogens is 314 g/mol. The number of hydrogen-bond acceptors (Lipinski definition) is 5. The number of nitrogens with one attached hydrogen (secondary N) is 1. The molecule has 130 valence electrons. The molecule has 0 radical (unpaired) electrons. The Balaban J connectivity index is 2.92. The van der Waals surface area contributed by atoms with Gasteiger partial charge in [-0.05, 0) is 32.9 Å².